The highest BCUT2D eigenvalue weighted by molar-refractivity contribution is 7.92. The second-order valence-corrected chi connectivity index (χ2v) is 8.53. The predicted octanol–water partition coefficient (Wildman–Crippen LogP) is 2.41. The van der Waals surface area contributed by atoms with Crippen molar-refractivity contribution in [2.24, 2.45) is 0 Å². The molecule has 0 aromatic heterocycles. The molecule has 0 bridgehead atoms. The van der Waals surface area contributed by atoms with Crippen molar-refractivity contribution in [2.75, 3.05) is 23.7 Å². The van der Waals surface area contributed by atoms with Gasteiger partial charge in [0.05, 0.1) is 11.9 Å². The molecule has 2 aliphatic heterocycles. The number of piperidine rings is 1. The second kappa shape index (κ2) is 6.15. The van der Waals surface area contributed by atoms with Gasteiger partial charge in [-0.15, -0.1) is 0 Å². The predicted molar refractivity (Wildman–Crippen MR) is 91.3 cm³/mol. The summed E-state index contributed by atoms with van der Waals surface area (Å²) in [6.07, 6.45) is 6.13. The average molecular weight is 336 g/mol. The van der Waals surface area contributed by atoms with E-state index in [1.54, 1.807) is 12.1 Å². The molecular formula is C17H24N2O3S. The first kappa shape index (κ1) is 16.3. The maximum absolute atomic E-state index is 12.8. The summed E-state index contributed by atoms with van der Waals surface area (Å²) in [5, 5.41) is 0. The van der Waals surface area contributed by atoms with E-state index in [1.807, 2.05) is 11.0 Å². The van der Waals surface area contributed by atoms with Crippen molar-refractivity contribution in [1.82, 2.24) is 4.90 Å². The van der Waals surface area contributed by atoms with Gasteiger partial charge in [-0.25, -0.2) is 8.42 Å². The number of rotatable bonds is 2. The normalized spacial score (nSPS) is 21.9. The summed E-state index contributed by atoms with van der Waals surface area (Å²) in [7, 11) is -3.26. The Morgan fingerprint density at radius 1 is 1.17 bits per heavy atom. The van der Waals surface area contributed by atoms with Gasteiger partial charge >= 0.3 is 0 Å². The van der Waals surface area contributed by atoms with Gasteiger partial charge in [-0.3, -0.25) is 9.10 Å². The Kier molecular flexibility index (Phi) is 4.36. The molecule has 1 aromatic carbocycles. The van der Waals surface area contributed by atoms with Crippen LogP contribution in [-0.4, -0.2) is 44.6 Å². The Morgan fingerprint density at radius 3 is 2.65 bits per heavy atom. The fraction of sp³-hybridized carbons (Fsp3) is 0.588. The van der Waals surface area contributed by atoms with Crippen LogP contribution in [0.25, 0.3) is 0 Å². The lowest BCUT2D eigenvalue weighted by atomic mass is 9.98. The molecule has 0 unspecified atom stereocenters. The van der Waals surface area contributed by atoms with Crippen LogP contribution in [-0.2, 0) is 16.4 Å². The van der Waals surface area contributed by atoms with E-state index in [0.717, 1.165) is 43.5 Å². The maximum Gasteiger partial charge on any atom is 0.254 e. The Bertz CT molecular complexity index is 715. The minimum absolute atomic E-state index is 0.0662. The van der Waals surface area contributed by atoms with E-state index in [2.05, 4.69) is 6.92 Å². The lowest BCUT2D eigenvalue weighted by Gasteiger charge is -2.34. The van der Waals surface area contributed by atoms with Crippen LogP contribution < -0.4 is 4.31 Å². The van der Waals surface area contributed by atoms with Crippen LogP contribution in [0.15, 0.2) is 18.2 Å². The summed E-state index contributed by atoms with van der Waals surface area (Å²) in [6, 6.07) is 5.72. The van der Waals surface area contributed by atoms with Crippen LogP contribution in [0.2, 0.25) is 0 Å². The Morgan fingerprint density at radius 2 is 1.96 bits per heavy atom. The molecule has 1 atom stereocenters. The third-order valence-electron chi connectivity index (χ3n) is 4.87. The van der Waals surface area contributed by atoms with Crippen molar-refractivity contribution >= 4 is 21.6 Å². The summed E-state index contributed by atoms with van der Waals surface area (Å²) in [5.74, 6) is 0.0662. The third-order valence-corrected chi connectivity index (χ3v) is 6.05. The molecule has 1 saturated heterocycles. The highest BCUT2D eigenvalue weighted by Gasteiger charge is 2.27. The molecule has 1 aromatic rings. The quantitative estimate of drug-likeness (QED) is 0.833. The van der Waals surface area contributed by atoms with Crippen LogP contribution in [0, 0.1) is 0 Å². The van der Waals surface area contributed by atoms with E-state index in [9.17, 15) is 13.2 Å². The molecule has 0 spiro atoms. The molecular weight excluding hydrogens is 312 g/mol. The van der Waals surface area contributed by atoms with Gasteiger partial charge in [-0.05, 0) is 62.8 Å². The average Bonchev–Trinajstić information content (AvgIpc) is 2.52. The molecule has 5 nitrogen and oxygen atoms in total. The molecule has 1 amide bonds. The number of hydrogen-bond acceptors (Lipinski definition) is 3. The highest BCUT2D eigenvalue weighted by atomic mass is 32.2. The Balaban J connectivity index is 1.90. The summed E-state index contributed by atoms with van der Waals surface area (Å²) in [4.78, 5) is 14.7. The number of fused-ring (bicyclic) bond motifs is 1. The Hall–Kier alpha value is -1.56. The molecule has 0 saturated carbocycles. The lowest BCUT2D eigenvalue weighted by Crippen LogP contribution is -2.42. The van der Waals surface area contributed by atoms with Crippen LogP contribution in [0.5, 0.6) is 0 Å². The number of anilines is 1. The van der Waals surface area contributed by atoms with Gasteiger partial charge in [0, 0.05) is 24.7 Å². The molecule has 0 aliphatic carbocycles. The minimum Gasteiger partial charge on any atom is -0.336 e. The molecule has 1 fully saturated rings. The molecule has 23 heavy (non-hydrogen) atoms. The van der Waals surface area contributed by atoms with E-state index in [-0.39, 0.29) is 11.9 Å². The summed E-state index contributed by atoms with van der Waals surface area (Å²) >= 11 is 0. The number of sulfonamides is 1. The first-order chi connectivity index (χ1) is 10.9. The lowest BCUT2D eigenvalue weighted by molar-refractivity contribution is 0.0635. The van der Waals surface area contributed by atoms with E-state index in [1.165, 1.54) is 17.0 Å². The topological polar surface area (TPSA) is 57.7 Å². The van der Waals surface area contributed by atoms with Crippen molar-refractivity contribution in [1.29, 1.82) is 0 Å². The van der Waals surface area contributed by atoms with Gasteiger partial charge in [0.15, 0.2) is 0 Å². The minimum atomic E-state index is -3.26. The van der Waals surface area contributed by atoms with Crippen LogP contribution in [0.1, 0.15) is 48.5 Å². The highest BCUT2D eigenvalue weighted by Crippen LogP contribution is 2.30. The van der Waals surface area contributed by atoms with E-state index < -0.39 is 10.0 Å². The Labute approximate surface area is 138 Å². The number of carbonyl (C=O) groups is 1. The number of carbonyl (C=O) groups excluding carboxylic acids is 1. The van der Waals surface area contributed by atoms with E-state index in [4.69, 9.17) is 0 Å². The third kappa shape index (κ3) is 3.22. The monoisotopic (exact) mass is 336 g/mol. The van der Waals surface area contributed by atoms with E-state index in [0.29, 0.717) is 12.1 Å². The van der Waals surface area contributed by atoms with Gasteiger partial charge in [0.2, 0.25) is 10.0 Å². The van der Waals surface area contributed by atoms with Crippen LogP contribution >= 0.6 is 0 Å². The van der Waals surface area contributed by atoms with Gasteiger partial charge in [0.1, 0.15) is 0 Å². The van der Waals surface area contributed by atoms with Crippen LogP contribution in [0.4, 0.5) is 5.69 Å². The summed E-state index contributed by atoms with van der Waals surface area (Å²) in [5.41, 5.74) is 2.35. The summed E-state index contributed by atoms with van der Waals surface area (Å²) in [6.45, 7) is 3.43. The number of likely N-dealkylation sites (tertiary alicyclic amines) is 1. The van der Waals surface area contributed by atoms with Gasteiger partial charge < -0.3 is 4.90 Å². The maximum atomic E-state index is 12.8. The number of benzene rings is 1. The molecule has 3 rings (SSSR count). The van der Waals surface area contributed by atoms with Crippen molar-refractivity contribution < 1.29 is 13.2 Å². The molecule has 0 N–H and O–H groups in total. The summed E-state index contributed by atoms with van der Waals surface area (Å²) < 4.78 is 25.3. The largest absolute Gasteiger partial charge is 0.336 e. The number of nitrogens with zero attached hydrogens (tertiary/aromatic N) is 2. The van der Waals surface area contributed by atoms with Crippen molar-refractivity contribution in [3.8, 4) is 0 Å². The molecule has 6 heteroatoms. The number of hydrogen-bond donors (Lipinski definition) is 0. The van der Waals surface area contributed by atoms with E-state index >= 15 is 0 Å². The van der Waals surface area contributed by atoms with Crippen LogP contribution in [0.3, 0.4) is 0 Å². The van der Waals surface area contributed by atoms with Crippen molar-refractivity contribution in [3.63, 3.8) is 0 Å². The number of aryl methyl sites for hydroxylation is 1. The fourth-order valence-electron chi connectivity index (χ4n) is 3.61. The SMILES string of the molecule is C[C@H]1CCCCN1C(=O)c1ccc2c(c1)CCCN2S(C)(=O)=O. The molecule has 0 radical (unpaired) electrons. The smallest absolute Gasteiger partial charge is 0.254 e. The molecule has 126 valence electrons. The van der Waals surface area contributed by atoms with Gasteiger partial charge in [-0.2, -0.15) is 0 Å². The fourth-order valence-corrected chi connectivity index (χ4v) is 4.60. The van der Waals surface area contributed by atoms with Crippen molar-refractivity contribution in [3.05, 3.63) is 29.3 Å². The van der Waals surface area contributed by atoms with Crippen molar-refractivity contribution in [2.45, 2.75) is 45.1 Å². The van der Waals surface area contributed by atoms with Gasteiger partial charge in [-0.1, -0.05) is 0 Å². The molecule has 2 aliphatic rings. The first-order valence-corrected chi connectivity index (χ1v) is 10.1. The van der Waals surface area contributed by atoms with Gasteiger partial charge in [0.25, 0.3) is 5.91 Å². The molecule has 2 heterocycles. The number of amides is 1. The zero-order chi connectivity index (χ0) is 16.6. The standard InChI is InChI=1S/C17H24N2O3S/c1-13-6-3-4-10-18(13)17(20)15-8-9-16-14(12-15)7-5-11-19(16)23(2,21)22/h8-9,12-13H,3-7,10-11H2,1-2H3/t13-/m0/s1. The first-order valence-electron chi connectivity index (χ1n) is 8.29. The zero-order valence-corrected chi connectivity index (χ0v) is 14.6. The zero-order valence-electron chi connectivity index (χ0n) is 13.8. The second-order valence-electron chi connectivity index (χ2n) is 6.63.